The SMILES string of the molecule is CC1(C)OB(c2cc(C(=O)N3CC[C@@H](N)C3)ccc2F)OC1(C)C. The van der Waals surface area contributed by atoms with Crippen LogP contribution in [0.3, 0.4) is 0 Å². The van der Waals surface area contributed by atoms with Crippen LogP contribution in [0.15, 0.2) is 18.2 Å². The molecule has 1 aromatic rings. The maximum absolute atomic E-state index is 14.3. The fourth-order valence-corrected chi connectivity index (χ4v) is 2.98. The number of carbonyl (C=O) groups excluding carboxylic acids is 1. The predicted molar refractivity (Wildman–Crippen MR) is 90.6 cm³/mol. The van der Waals surface area contributed by atoms with Crippen molar-refractivity contribution in [2.45, 2.75) is 51.4 Å². The highest BCUT2D eigenvalue weighted by molar-refractivity contribution is 6.62. The Kier molecular flexibility index (Phi) is 4.22. The van der Waals surface area contributed by atoms with Gasteiger partial charge in [0, 0.05) is 30.2 Å². The van der Waals surface area contributed by atoms with Gasteiger partial charge in [-0.3, -0.25) is 4.79 Å². The van der Waals surface area contributed by atoms with Gasteiger partial charge in [0.1, 0.15) is 5.82 Å². The second-order valence-corrected chi connectivity index (χ2v) is 7.62. The second-order valence-electron chi connectivity index (χ2n) is 7.62. The molecule has 3 rings (SSSR count). The number of carbonyl (C=O) groups is 1. The molecular weight excluding hydrogens is 310 g/mol. The van der Waals surface area contributed by atoms with Crippen LogP contribution in [0, 0.1) is 5.82 Å². The van der Waals surface area contributed by atoms with E-state index in [4.69, 9.17) is 15.0 Å². The first-order valence-corrected chi connectivity index (χ1v) is 8.31. The van der Waals surface area contributed by atoms with Crippen molar-refractivity contribution in [1.29, 1.82) is 0 Å². The van der Waals surface area contributed by atoms with E-state index < -0.39 is 24.1 Å². The molecule has 2 N–H and O–H groups in total. The van der Waals surface area contributed by atoms with Crippen LogP contribution in [0.25, 0.3) is 0 Å². The molecule has 2 fully saturated rings. The van der Waals surface area contributed by atoms with Gasteiger partial charge in [-0.1, -0.05) is 0 Å². The van der Waals surface area contributed by atoms with Crippen LogP contribution in [0.2, 0.25) is 0 Å². The molecule has 7 heteroatoms. The molecule has 130 valence electrons. The van der Waals surface area contributed by atoms with E-state index in [1.807, 2.05) is 27.7 Å². The molecule has 0 unspecified atom stereocenters. The van der Waals surface area contributed by atoms with Crippen molar-refractivity contribution in [2.24, 2.45) is 5.73 Å². The average molecular weight is 334 g/mol. The van der Waals surface area contributed by atoms with Crippen LogP contribution in [-0.2, 0) is 9.31 Å². The highest BCUT2D eigenvalue weighted by Gasteiger charge is 2.52. The van der Waals surface area contributed by atoms with Crippen molar-refractivity contribution in [3.63, 3.8) is 0 Å². The zero-order chi connectivity index (χ0) is 17.7. The minimum absolute atomic E-state index is 0.0111. The molecule has 0 spiro atoms. The van der Waals surface area contributed by atoms with E-state index in [9.17, 15) is 9.18 Å². The summed E-state index contributed by atoms with van der Waals surface area (Å²) in [6.07, 6.45) is 0.789. The van der Waals surface area contributed by atoms with Gasteiger partial charge in [-0.05, 0) is 52.3 Å². The molecule has 2 heterocycles. The highest BCUT2D eigenvalue weighted by Crippen LogP contribution is 2.36. The summed E-state index contributed by atoms with van der Waals surface area (Å²) in [6, 6.07) is 4.33. The molecule has 1 atom stereocenters. The third-order valence-electron chi connectivity index (χ3n) is 5.26. The van der Waals surface area contributed by atoms with Crippen LogP contribution >= 0.6 is 0 Å². The Labute approximate surface area is 142 Å². The number of rotatable bonds is 2. The lowest BCUT2D eigenvalue weighted by atomic mass is 9.78. The number of amides is 1. The molecule has 0 aromatic heterocycles. The van der Waals surface area contributed by atoms with Gasteiger partial charge in [0.15, 0.2) is 0 Å². The van der Waals surface area contributed by atoms with E-state index in [0.29, 0.717) is 18.7 Å². The molecule has 0 aliphatic carbocycles. The van der Waals surface area contributed by atoms with Crippen molar-refractivity contribution >= 4 is 18.5 Å². The molecule has 1 amide bonds. The van der Waals surface area contributed by atoms with Gasteiger partial charge >= 0.3 is 7.12 Å². The van der Waals surface area contributed by atoms with Crippen molar-refractivity contribution in [1.82, 2.24) is 4.90 Å². The van der Waals surface area contributed by atoms with Gasteiger partial charge in [-0.2, -0.15) is 0 Å². The summed E-state index contributed by atoms with van der Waals surface area (Å²) >= 11 is 0. The van der Waals surface area contributed by atoms with Crippen LogP contribution in [-0.4, -0.2) is 48.3 Å². The molecule has 5 nitrogen and oxygen atoms in total. The summed E-state index contributed by atoms with van der Waals surface area (Å²) in [7, 11) is -0.830. The van der Waals surface area contributed by atoms with Crippen LogP contribution in [0.1, 0.15) is 44.5 Å². The fourth-order valence-electron chi connectivity index (χ4n) is 2.98. The monoisotopic (exact) mass is 334 g/mol. The largest absolute Gasteiger partial charge is 0.497 e. The number of benzene rings is 1. The third-order valence-corrected chi connectivity index (χ3v) is 5.26. The highest BCUT2D eigenvalue weighted by atomic mass is 19.1. The van der Waals surface area contributed by atoms with Gasteiger partial charge in [0.05, 0.1) is 11.2 Å². The summed E-state index contributed by atoms with van der Waals surface area (Å²) in [5.41, 5.74) is 5.41. The Hall–Kier alpha value is -1.44. The van der Waals surface area contributed by atoms with E-state index in [1.165, 1.54) is 18.2 Å². The Morgan fingerprint density at radius 2 is 1.92 bits per heavy atom. The van der Waals surface area contributed by atoms with E-state index in [1.54, 1.807) is 4.90 Å². The molecule has 0 bridgehead atoms. The second kappa shape index (κ2) is 5.83. The zero-order valence-corrected chi connectivity index (χ0v) is 14.6. The Balaban J connectivity index is 1.86. The Morgan fingerprint density at radius 1 is 1.29 bits per heavy atom. The number of likely N-dealkylation sites (tertiary alicyclic amines) is 1. The number of nitrogens with two attached hydrogens (primary N) is 1. The zero-order valence-electron chi connectivity index (χ0n) is 14.6. The minimum Gasteiger partial charge on any atom is -0.399 e. The van der Waals surface area contributed by atoms with Gasteiger partial charge in [0.25, 0.3) is 5.91 Å². The summed E-state index contributed by atoms with van der Waals surface area (Å²) in [5, 5.41) is 0. The van der Waals surface area contributed by atoms with Gasteiger partial charge in [0.2, 0.25) is 0 Å². The maximum atomic E-state index is 14.3. The first-order valence-electron chi connectivity index (χ1n) is 8.31. The Bertz CT molecular complexity index is 649. The first kappa shape index (κ1) is 17.4. The lowest BCUT2D eigenvalue weighted by Gasteiger charge is -2.32. The van der Waals surface area contributed by atoms with Gasteiger partial charge < -0.3 is 19.9 Å². The number of halogens is 1. The van der Waals surface area contributed by atoms with Crippen molar-refractivity contribution in [3.05, 3.63) is 29.6 Å². The van der Waals surface area contributed by atoms with Crippen LogP contribution in [0.4, 0.5) is 4.39 Å². The summed E-state index contributed by atoms with van der Waals surface area (Å²) in [6.45, 7) is 8.79. The molecule has 0 saturated carbocycles. The predicted octanol–water partition coefficient (Wildman–Crippen LogP) is 1.30. The van der Waals surface area contributed by atoms with Gasteiger partial charge in [-0.25, -0.2) is 4.39 Å². The molecule has 2 aliphatic rings. The molecule has 2 saturated heterocycles. The van der Waals surface area contributed by atoms with E-state index in [-0.39, 0.29) is 17.4 Å². The molecule has 24 heavy (non-hydrogen) atoms. The number of hydrogen-bond donors (Lipinski definition) is 1. The summed E-state index contributed by atoms with van der Waals surface area (Å²) in [4.78, 5) is 14.3. The van der Waals surface area contributed by atoms with Crippen molar-refractivity contribution < 1.29 is 18.5 Å². The van der Waals surface area contributed by atoms with E-state index in [2.05, 4.69) is 0 Å². The average Bonchev–Trinajstić information content (AvgIpc) is 3.00. The van der Waals surface area contributed by atoms with Gasteiger partial charge in [-0.15, -0.1) is 0 Å². The standard InChI is InChI=1S/C17H24BFN2O3/c1-16(2)17(3,4)24-18(23-16)13-9-11(5-6-14(13)19)15(22)21-8-7-12(20)10-21/h5-6,9,12H,7-8,10,20H2,1-4H3/t12-/m1/s1. The number of nitrogens with zero attached hydrogens (tertiary/aromatic N) is 1. The minimum atomic E-state index is -0.830. The first-order chi connectivity index (χ1) is 11.1. The van der Waals surface area contributed by atoms with Crippen LogP contribution in [0.5, 0.6) is 0 Å². The van der Waals surface area contributed by atoms with E-state index in [0.717, 1.165) is 6.42 Å². The number of hydrogen-bond acceptors (Lipinski definition) is 4. The fraction of sp³-hybridized carbons (Fsp3) is 0.588. The molecule has 1 aromatic carbocycles. The topological polar surface area (TPSA) is 64.8 Å². The summed E-state index contributed by atoms with van der Waals surface area (Å²) < 4.78 is 26.1. The van der Waals surface area contributed by atoms with E-state index >= 15 is 0 Å². The quantitative estimate of drug-likeness (QED) is 0.828. The third kappa shape index (κ3) is 2.96. The Morgan fingerprint density at radius 3 is 2.46 bits per heavy atom. The summed E-state index contributed by atoms with van der Waals surface area (Å²) in [5.74, 6) is -0.580. The molecular formula is C17H24BFN2O3. The smallest absolute Gasteiger partial charge is 0.399 e. The lowest BCUT2D eigenvalue weighted by Crippen LogP contribution is -2.41. The normalized spacial score (nSPS) is 25.3. The van der Waals surface area contributed by atoms with Crippen molar-refractivity contribution in [3.8, 4) is 0 Å². The lowest BCUT2D eigenvalue weighted by molar-refractivity contribution is 0.00578. The van der Waals surface area contributed by atoms with Crippen LogP contribution < -0.4 is 11.2 Å². The van der Waals surface area contributed by atoms with Crippen molar-refractivity contribution in [2.75, 3.05) is 13.1 Å². The molecule has 2 aliphatic heterocycles. The maximum Gasteiger partial charge on any atom is 0.497 e. The molecule has 0 radical (unpaired) electrons.